The molecule has 0 saturated carbocycles. The van der Waals surface area contributed by atoms with E-state index in [4.69, 9.17) is 33.2 Å². The van der Waals surface area contributed by atoms with Gasteiger partial charge in [-0.1, -0.05) is 60.3 Å². The molecule has 8 saturated heterocycles. The number of carbonyl (C=O) groups is 1. The quantitative estimate of drug-likeness (QED) is 0.128. The number of hydrogen-bond acceptors (Lipinski definition) is 8. The predicted molar refractivity (Wildman–Crippen MR) is 192 cm³/mol. The summed E-state index contributed by atoms with van der Waals surface area (Å²) in [5.41, 5.74) is 2.34. The van der Waals surface area contributed by atoms with Crippen LogP contribution in [0.4, 0.5) is 0 Å². The van der Waals surface area contributed by atoms with Gasteiger partial charge in [-0.25, -0.2) is 0 Å². The molecular weight excluding hydrogens is 632 g/mol. The van der Waals surface area contributed by atoms with Crippen molar-refractivity contribution in [3.63, 3.8) is 0 Å². The van der Waals surface area contributed by atoms with Crippen molar-refractivity contribution < 1.29 is 38.0 Å². The Morgan fingerprint density at radius 1 is 0.840 bits per heavy atom. The zero-order chi connectivity index (χ0) is 35.3. The van der Waals surface area contributed by atoms with E-state index in [1.54, 1.807) is 0 Å². The summed E-state index contributed by atoms with van der Waals surface area (Å²) in [5.74, 6) is 1.15. The minimum absolute atomic E-state index is 0.0212. The molecule has 8 heterocycles. The lowest BCUT2D eigenvalue weighted by Crippen LogP contribution is -2.54. The van der Waals surface area contributed by atoms with E-state index in [0.29, 0.717) is 24.2 Å². The summed E-state index contributed by atoms with van der Waals surface area (Å²) >= 11 is 0. The van der Waals surface area contributed by atoms with Crippen LogP contribution in [-0.2, 0) is 38.0 Å². The van der Waals surface area contributed by atoms with Crippen molar-refractivity contribution in [1.29, 1.82) is 0 Å². The Kier molecular flexibility index (Phi) is 11.2. The highest BCUT2D eigenvalue weighted by Gasteiger charge is 2.67. The van der Waals surface area contributed by atoms with Crippen LogP contribution in [0.25, 0.3) is 0 Å². The first-order valence-corrected chi connectivity index (χ1v) is 20.1. The Balaban J connectivity index is 0.913. The minimum atomic E-state index is -0.643. The van der Waals surface area contributed by atoms with E-state index in [9.17, 15) is 4.79 Å². The summed E-state index contributed by atoms with van der Waals surface area (Å²) in [6, 6.07) is 0. The van der Waals surface area contributed by atoms with Crippen molar-refractivity contribution in [1.82, 2.24) is 0 Å². The first-order valence-electron chi connectivity index (χ1n) is 20.1. The van der Waals surface area contributed by atoms with Gasteiger partial charge < -0.3 is 38.0 Å². The van der Waals surface area contributed by atoms with E-state index in [2.05, 4.69) is 54.4 Å². The van der Waals surface area contributed by atoms with Gasteiger partial charge in [0.1, 0.15) is 24.6 Å². The lowest BCUT2D eigenvalue weighted by atomic mass is 9.80. The Hall–Kier alpha value is -1.39. The lowest BCUT2D eigenvalue weighted by Gasteiger charge is -2.42. The average molecular weight is 697 g/mol. The Morgan fingerprint density at radius 3 is 2.36 bits per heavy atom. The van der Waals surface area contributed by atoms with Gasteiger partial charge in [0, 0.05) is 31.6 Å². The molecule has 8 heteroatoms. The molecule has 50 heavy (non-hydrogen) atoms. The van der Waals surface area contributed by atoms with E-state index in [-0.39, 0.29) is 85.1 Å². The van der Waals surface area contributed by atoms with E-state index >= 15 is 0 Å². The van der Waals surface area contributed by atoms with Gasteiger partial charge in [-0.3, -0.25) is 0 Å². The number of ether oxygens (including phenoxy) is 7. The molecule has 8 rings (SSSR count). The molecule has 8 aliphatic heterocycles. The molecule has 0 N–H and O–H groups in total. The molecule has 0 spiro atoms. The Labute approximate surface area is 301 Å². The van der Waals surface area contributed by atoms with Gasteiger partial charge in [0.25, 0.3) is 0 Å². The fourth-order valence-electron chi connectivity index (χ4n) is 10.5. The van der Waals surface area contributed by atoms with Crippen LogP contribution in [0, 0.1) is 29.6 Å². The Bertz CT molecular complexity index is 1250. The van der Waals surface area contributed by atoms with Gasteiger partial charge in [-0.2, -0.15) is 0 Å². The number of aldehydes is 1. The largest absolute Gasteiger partial charge is 0.374 e. The van der Waals surface area contributed by atoms with Crippen LogP contribution >= 0.6 is 0 Å². The zero-order valence-corrected chi connectivity index (χ0v) is 31.3. The van der Waals surface area contributed by atoms with Gasteiger partial charge in [0.15, 0.2) is 5.79 Å². The van der Waals surface area contributed by atoms with Crippen LogP contribution in [0.2, 0.25) is 0 Å². The van der Waals surface area contributed by atoms with Crippen molar-refractivity contribution >= 4 is 6.29 Å². The van der Waals surface area contributed by atoms with E-state index in [0.717, 1.165) is 82.5 Å². The van der Waals surface area contributed by atoms with Gasteiger partial charge in [0.05, 0.1) is 54.9 Å². The topological polar surface area (TPSA) is 81.7 Å². The van der Waals surface area contributed by atoms with Gasteiger partial charge in [0.2, 0.25) is 0 Å². The predicted octanol–water partition coefficient (Wildman–Crippen LogP) is 7.68. The van der Waals surface area contributed by atoms with Crippen molar-refractivity contribution in [2.45, 2.75) is 191 Å². The average Bonchev–Trinajstić information content (AvgIpc) is 3.75. The minimum Gasteiger partial charge on any atom is -0.374 e. The maximum Gasteiger partial charge on any atom is 0.172 e. The number of hydrogen-bond donors (Lipinski definition) is 0. The monoisotopic (exact) mass is 696 g/mol. The highest BCUT2D eigenvalue weighted by atomic mass is 16.8. The highest BCUT2D eigenvalue weighted by molar-refractivity contribution is 5.50. The summed E-state index contributed by atoms with van der Waals surface area (Å²) in [6.45, 7) is 24.2. The molecule has 8 nitrogen and oxygen atoms in total. The zero-order valence-electron chi connectivity index (χ0n) is 31.3. The van der Waals surface area contributed by atoms with Gasteiger partial charge in [-0.15, -0.1) is 6.58 Å². The summed E-state index contributed by atoms with van der Waals surface area (Å²) in [7, 11) is 0. The maximum absolute atomic E-state index is 11.7. The van der Waals surface area contributed by atoms with Crippen LogP contribution in [0.5, 0.6) is 0 Å². The molecule has 0 aromatic rings. The molecule has 6 bridgehead atoms. The summed E-state index contributed by atoms with van der Waals surface area (Å²) < 4.78 is 46.7. The molecule has 0 radical (unpaired) electrons. The standard InChI is InChI=1S/C42H64O8/c1-9-11-33-28(8)38-40-41(47-33)39-37(48-40)22-42(49-38,50-39)16-14-30-20-25(5)32(44-30)13-12-29-19-24(4)26(6)35(45-29)21-36-31(15-17-43)27(7)34(46-36)18-23(3)10-2/h9,17,23-24,27-41H,1,5-6,10-16,18-22H2,2-4,7-8H3/t23-,24-,27-,28?,29+,30+,31-,32?,33+,34-,35-,36?,37-,38+,39+,40+,41+,42-/m1/s1. The second-order valence-corrected chi connectivity index (χ2v) is 17.2. The first kappa shape index (κ1) is 36.9. The second kappa shape index (κ2) is 15.2. The third-order valence-electron chi connectivity index (χ3n) is 13.9. The fourth-order valence-corrected chi connectivity index (χ4v) is 10.5. The third kappa shape index (κ3) is 7.13. The van der Waals surface area contributed by atoms with Crippen LogP contribution < -0.4 is 0 Å². The molecule has 0 amide bonds. The highest BCUT2D eigenvalue weighted by Crippen LogP contribution is 2.54. The molecule has 280 valence electrons. The smallest absolute Gasteiger partial charge is 0.172 e. The van der Waals surface area contributed by atoms with Gasteiger partial charge >= 0.3 is 0 Å². The molecule has 18 atom stereocenters. The SMILES string of the molecule is C=CC[C@@H]1O[C@H]2[C@H]3O[C@]4(CC[C@H]5CC(=C)C(CC[C@H]6C[C@@H](C)C(=C)[C@@H](CC7O[C@H](C[C@H](C)CC)[C@H](C)[C@H]7CC=O)O6)O5)C[C@H]3O[C@H]2[C@@H](O4)C1C. The summed E-state index contributed by atoms with van der Waals surface area (Å²) in [4.78, 5) is 11.7. The maximum atomic E-state index is 11.7. The van der Waals surface area contributed by atoms with Crippen molar-refractivity contribution in [3.05, 3.63) is 37.0 Å². The van der Waals surface area contributed by atoms with Crippen molar-refractivity contribution in [2.24, 2.45) is 29.6 Å². The second-order valence-electron chi connectivity index (χ2n) is 17.2. The molecule has 8 fully saturated rings. The van der Waals surface area contributed by atoms with E-state index in [1.165, 1.54) is 5.57 Å². The van der Waals surface area contributed by atoms with Crippen LogP contribution in [-0.4, -0.2) is 85.3 Å². The molecule has 3 unspecified atom stereocenters. The van der Waals surface area contributed by atoms with E-state index < -0.39 is 5.79 Å². The van der Waals surface area contributed by atoms with Crippen LogP contribution in [0.15, 0.2) is 37.0 Å². The normalized spacial score (nSPS) is 48.7. The molecular formula is C42H64O8. The molecule has 0 aromatic carbocycles. The van der Waals surface area contributed by atoms with Crippen LogP contribution in [0.3, 0.4) is 0 Å². The van der Waals surface area contributed by atoms with Crippen LogP contribution in [0.1, 0.15) is 112 Å². The molecule has 0 aromatic heterocycles. The summed E-state index contributed by atoms with van der Waals surface area (Å²) in [5, 5.41) is 0. The third-order valence-corrected chi connectivity index (χ3v) is 13.9. The van der Waals surface area contributed by atoms with Gasteiger partial charge in [-0.05, 0) is 79.8 Å². The number of carbonyl (C=O) groups excluding carboxylic acids is 1. The first-order chi connectivity index (χ1) is 24.0. The van der Waals surface area contributed by atoms with Crippen molar-refractivity contribution in [2.75, 3.05) is 0 Å². The lowest BCUT2D eigenvalue weighted by molar-refractivity contribution is -0.262. The molecule has 0 aliphatic carbocycles. The fraction of sp³-hybridized carbons (Fsp3) is 0.833. The summed E-state index contributed by atoms with van der Waals surface area (Å²) in [6.07, 6.45) is 13.7. The molecule has 8 aliphatic rings. The van der Waals surface area contributed by atoms with Crippen molar-refractivity contribution in [3.8, 4) is 0 Å². The Morgan fingerprint density at radius 2 is 1.60 bits per heavy atom. The number of rotatable bonds is 15. The van der Waals surface area contributed by atoms with E-state index in [1.807, 2.05) is 6.08 Å².